The number of hydrogen-bond donors (Lipinski definition) is 0. The molecule has 158 valence electrons. The van der Waals surface area contributed by atoms with Gasteiger partial charge in [-0.3, -0.25) is 9.69 Å². The van der Waals surface area contributed by atoms with E-state index in [-0.39, 0.29) is 11.4 Å². The molecule has 1 aromatic carbocycles. The molecule has 1 aliphatic heterocycles. The summed E-state index contributed by atoms with van der Waals surface area (Å²) in [5.41, 5.74) is 0.972. The van der Waals surface area contributed by atoms with E-state index < -0.39 is 0 Å². The normalized spacial score (nSPS) is 16.6. The molecule has 29 heavy (non-hydrogen) atoms. The lowest BCUT2D eigenvalue weighted by Gasteiger charge is -2.39. The van der Waals surface area contributed by atoms with Crippen LogP contribution in [0.15, 0.2) is 46.9 Å². The molecule has 0 amide bonds. The van der Waals surface area contributed by atoms with Crippen molar-refractivity contribution < 1.29 is 18.7 Å². The van der Waals surface area contributed by atoms with E-state index in [0.29, 0.717) is 13.2 Å². The van der Waals surface area contributed by atoms with Crippen molar-refractivity contribution in [2.75, 3.05) is 26.8 Å². The van der Waals surface area contributed by atoms with Crippen LogP contribution >= 0.6 is 0 Å². The van der Waals surface area contributed by atoms with Gasteiger partial charge in [0.15, 0.2) is 0 Å². The highest BCUT2D eigenvalue weighted by Gasteiger charge is 2.42. The van der Waals surface area contributed by atoms with Crippen molar-refractivity contribution in [1.82, 2.24) is 4.90 Å². The van der Waals surface area contributed by atoms with Crippen LogP contribution < -0.4 is 0 Å². The van der Waals surface area contributed by atoms with Gasteiger partial charge in [-0.2, -0.15) is 0 Å². The van der Waals surface area contributed by atoms with Gasteiger partial charge in [0.25, 0.3) is 0 Å². The molecule has 2 aromatic rings. The Balaban J connectivity index is 1.56. The second kappa shape index (κ2) is 10.6. The fourth-order valence-corrected chi connectivity index (χ4v) is 4.20. The number of nitrogens with zero attached hydrogens (tertiary/aromatic N) is 1. The number of aryl methyl sites for hydroxylation is 1. The van der Waals surface area contributed by atoms with Gasteiger partial charge in [0.2, 0.25) is 0 Å². The number of methoxy groups -OCH3 is 1. The molecule has 0 aliphatic carbocycles. The van der Waals surface area contributed by atoms with Crippen LogP contribution in [0.4, 0.5) is 0 Å². The standard InChI is InChI=1S/C24H33NO4/c1-3-28-23(26)24(13-7-10-20-8-5-4-6-9-20)14-16-25(17-15-24)18-21-11-12-22(29-21)19-27-2/h4-6,8-9,11-12H,3,7,10,13-19H2,1-2H3. The molecule has 5 nitrogen and oxygen atoms in total. The summed E-state index contributed by atoms with van der Waals surface area (Å²) in [6.07, 6.45) is 4.56. The van der Waals surface area contributed by atoms with Gasteiger partial charge in [-0.25, -0.2) is 0 Å². The van der Waals surface area contributed by atoms with E-state index in [1.165, 1.54) is 5.56 Å². The molecule has 1 fully saturated rings. The highest BCUT2D eigenvalue weighted by atomic mass is 16.5. The highest BCUT2D eigenvalue weighted by molar-refractivity contribution is 5.77. The fraction of sp³-hybridized carbons (Fsp3) is 0.542. The first kappa shape index (κ1) is 21.6. The summed E-state index contributed by atoms with van der Waals surface area (Å²) in [6, 6.07) is 14.5. The van der Waals surface area contributed by atoms with Crippen LogP contribution in [0.5, 0.6) is 0 Å². The Morgan fingerprint density at radius 3 is 2.52 bits per heavy atom. The number of esters is 1. The number of carbonyl (C=O) groups is 1. The summed E-state index contributed by atoms with van der Waals surface area (Å²) in [4.78, 5) is 15.2. The smallest absolute Gasteiger partial charge is 0.312 e. The number of likely N-dealkylation sites (tertiary alicyclic amines) is 1. The molecule has 3 rings (SSSR count). The van der Waals surface area contributed by atoms with Gasteiger partial charge in [0.1, 0.15) is 18.1 Å². The number of ether oxygens (including phenoxy) is 2. The van der Waals surface area contributed by atoms with Crippen molar-refractivity contribution in [2.24, 2.45) is 5.41 Å². The van der Waals surface area contributed by atoms with Crippen LogP contribution in [0.25, 0.3) is 0 Å². The van der Waals surface area contributed by atoms with E-state index in [1.54, 1.807) is 7.11 Å². The molecule has 0 atom stereocenters. The number of carbonyl (C=O) groups excluding carboxylic acids is 1. The minimum absolute atomic E-state index is 0.0203. The van der Waals surface area contributed by atoms with Crippen molar-refractivity contribution in [1.29, 1.82) is 0 Å². The summed E-state index contributed by atoms with van der Waals surface area (Å²) in [5.74, 6) is 1.78. The number of hydrogen-bond acceptors (Lipinski definition) is 5. The quantitative estimate of drug-likeness (QED) is 0.547. The summed E-state index contributed by atoms with van der Waals surface area (Å²) >= 11 is 0. The van der Waals surface area contributed by atoms with Gasteiger partial charge >= 0.3 is 5.97 Å². The van der Waals surface area contributed by atoms with Gasteiger partial charge < -0.3 is 13.9 Å². The zero-order valence-corrected chi connectivity index (χ0v) is 17.7. The first-order valence-electron chi connectivity index (χ1n) is 10.7. The Morgan fingerprint density at radius 2 is 1.83 bits per heavy atom. The summed E-state index contributed by atoms with van der Waals surface area (Å²) < 4.78 is 16.4. The zero-order chi connectivity index (χ0) is 20.5. The first-order chi connectivity index (χ1) is 14.1. The van der Waals surface area contributed by atoms with Crippen molar-refractivity contribution in [3.63, 3.8) is 0 Å². The van der Waals surface area contributed by atoms with E-state index in [2.05, 4.69) is 29.2 Å². The highest BCUT2D eigenvalue weighted by Crippen LogP contribution is 2.38. The Morgan fingerprint density at radius 1 is 1.10 bits per heavy atom. The van der Waals surface area contributed by atoms with Gasteiger partial charge in [-0.05, 0) is 69.8 Å². The van der Waals surface area contributed by atoms with Crippen LogP contribution in [-0.4, -0.2) is 37.7 Å². The molecule has 1 saturated heterocycles. The first-order valence-corrected chi connectivity index (χ1v) is 10.7. The molecule has 1 aliphatic rings. The van der Waals surface area contributed by atoms with Crippen LogP contribution in [0, 0.1) is 5.41 Å². The Labute approximate surface area is 174 Å². The second-order valence-electron chi connectivity index (χ2n) is 7.92. The van der Waals surface area contributed by atoms with Gasteiger partial charge in [-0.15, -0.1) is 0 Å². The predicted octanol–water partition coefficient (Wildman–Crippen LogP) is 4.59. The third-order valence-electron chi connectivity index (χ3n) is 5.87. The average molecular weight is 400 g/mol. The lowest BCUT2D eigenvalue weighted by molar-refractivity contribution is -0.159. The van der Waals surface area contributed by atoms with Crippen LogP contribution in [0.2, 0.25) is 0 Å². The summed E-state index contributed by atoms with van der Waals surface area (Å²) in [5, 5.41) is 0. The van der Waals surface area contributed by atoms with E-state index in [1.807, 2.05) is 25.1 Å². The van der Waals surface area contributed by atoms with Gasteiger partial charge in [-0.1, -0.05) is 30.3 Å². The van der Waals surface area contributed by atoms with E-state index in [9.17, 15) is 4.79 Å². The minimum atomic E-state index is -0.355. The zero-order valence-electron chi connectivity index (χ0n) is 17.7. The lowest BCUT2D eigenvalue weighted by atomic mass is 9.74. The third kappa shape index (κ3) is 5.94. The number of rotatable bonds is 10. The largest absolute Gasteiger partial charge is 0.466 e. The second-order valence-corrected chi connectivity index (χ2v) is 7.92. The third-order valence-corrected chi connectivity index (χ3v) is 5.87. The number of piperidine rings is 1. The monoisotopic (exact) mass is 399 g/mol. The van der Waals surface area contributed by atoms with Crippen LogP contribution in [0.1, 0.15) is 49.7 Å². The molecule has 0 bridgehead atoms. The van der Waals surface area contributed by atoms with Crippen molar-refractivity contribution in [2.45, 2.75) is 52.2 Å². The maximum atomic E-state index is 12.8. The molecular formula is C24H33NO4. The van der Waals surface area contributed by atoms with E-state index in [4.69, 9.17) is 13.9 Å². The van der Waals surface area contributed by atoms with Crippen molar-refractivity contribution in [3.05, 3.63) is 59.5 Å². The topological polar surface area (TPSA) is 51.9 Å². The van der Waals surface area contributed by atoms with Crippen LogP contribution in [0.3, 0.4) is 0 Å². The van der Waals surface area contributed by atoms with E-state index >= 15 is 0 Å². The molecular weight excluding hydrogens is 366 g/mol. The molecule has 1 aromatic heterocycles. The summed E-state index contributed by atoms with van der Waals surface area (Å²) in [6.45, 7) is 5.35. The fourth-order valence-electron chi connectivity index (χ4n) is 4.20. The van der Waals surface area contributed by atoms with Crippen molar-refractivity contribution >= 4 is 5.97 Å². The Kier molecular flexibility index (Phi) is 7.90. The van der Waals surface area contributed by atoms with Crippen LogP contribution in [-0.2, 0) is 33.8 Å². The predicted molar refractivity (Wildman–Crippen MR) is 112 cm³/mol. The minimum Gasteiger partial charge on any atom is -0.466 e. The van der Waals surface area contributed by atoms with E-state index in [0.717, 1.165) is 63.3 Å². The molecule has 5 heteroatoms. The number of furan rings is 1. The molecule has 0 radical (unpaired) electrons. The molecule has 2 heterocycles. The maximum Gasteiger partial charge on any atom is 0.312 e. The summed E-state index contributed by atoms with van der Waals surface area (Å²) in [7, 11) is 1.67. The molecule has 0 N–H and O–H groups in total. The maximum absolute atomic E-state index is 12.8. The Hall–Kier alpha value is -2.11. The van der Waals surface area contributed by atoms with Crippen molar-refractivity contribution in [3.8, 4) is 0 Å². The van der Waals surface area contributed by atoms with Gasteiger partial charge in [0.05, 0.1) is 18.6 Å². The lowest BCUT2D eigenvalue weighted by Crippen LogP contribution is -2.45. The Bertz CT molecular complexity index is 747. The SMILES string of the molecule is CCOC(=O)C1(CCCc2ccccc2)CCN(Cc2ccc(COC)o2)CC1. The molecule has 0 unspecified atom stereocenters. The average Bonchev–Trinajstić information content (AvgIpc) is 3.17. The van der Waals surface area contributed by atoms with Gasteiger partial charge in [0, 0.05) is 7.11 Å². The number of benzene rings is 1. The molecule has 0 saturated carbocycles. The molecule has 0 spiro atoms.